The van der Waals surface area contributed by atoms with Crippen LogP contribution >= 0.6 is 0 Å². The van der Waals surface area contributed by atoms with Crippen molar-refractivity contribution in [3.8, 4) is 0 Å². The summed E-state index contributed by atoms with van der Waals surface area (Å²) < 4.78 is 5.87. The molecule has 1 unspecified atom stereocenters. The fraction of sp³-hybridized carbons (Fsp3) is 0.647. The second-order valence-corrected chi connectivity index (χ2v) is 6.42. The standard InChI is InChI=1S/C17H26N4O3/c1-2-19-9-10-24-15(12-19)13-20-5-7-21(8-6-20)17(23)14-3-4-18-16(22)11-14/h3-4,11,15H,2,5-10,12-13H2,1H3,(H,18,22). The number of carbonyl (C=O) groups excluding carboxylic acids is 1. The van der Waals surface area contributed by atoms with Gasteiger partial charge in [0.2, 0.25) is 5.56 Å². The number of nitrogens with zero attached hydrogens (tertiary/aromatic N) is 3. The van der Waals surface area contributed by atoms with Crippen molar-refractivity contribution in [1.29, 1.82) is 0 Å². The van der Waals surface area contributed by atoms with E-state index in [4.69, 9.17) is 4.74 Å². The minimum absolute atomic E-state index is 0.0631. The quantitative estimate of drug-likeness (QED) is 0.830. The number of pyridine rings is 1. The van der Waals surface area contributed by atoms with Crippen molar-refractivity contribution >= 4 is 5.91 Å². The smallest absolute Gasteiger partial charge is 0.254 e. The van der Waals surface area contributed by atoms with Crippen LogP contribution in [0.25, 0.3) is 0 Å². The Balaban J connectivity index is 1.49. The lowest BCUT2D eigenvalue weighted by Gasteiger charge is -2.39. The lowest BCUT2D eigenvalue weighted by molar-refractivity contribution is -0.0458. The van der Waals surface area contributed by atoms with E-state index >= 15 is 0 Å². The summed E-state index contributed by atoms with van der Waals surface area (Å²) in [5.41, 5.74) is 0.218. The van der Waals surface area contributed by atoms with Gasteiger partial charge in [-0.05, 0) is 12.6 Å². The predicted molar refractivity (Wildman–Crippen MR) is 91.3 cm³/mol. The van der Waals surface area contributed by atoms with Crippen LogP contribution < -0.4 is 5.56 Å². The third-order valence-corrected chi connectivity index (χ3v) is 4.81. The number of carbonyl (C=O) groups is 1. The zero-order chi connectivity index (χ0) is 16.9. The fourth-order valence-electron chi connectivity index (χ4n) is 3.36. The lowest BCUT2D eigenvalue weighted by Crippen LogP contribution is -2.53. The Hall–Kier alpha value is -1.70. The highest BCUT2D eigenvalue weighted by Gasteiger charge is 2.26. The van der Waals surface area contributed by atoms with Gasteiger partial charge in [-0.25, -0.2) is 0 Å². The van der Waals surface area contributed by atoms with E-state index in [1.165, 1.54) is 12.3 Å². The topological polar surface area (TPSA) is 68.9 Å². The van der Waals surface area contributed by atoms with Crippen LogP contribution in [-0.2, 0) is 4.74 Å². The molecule has 1 aromatic rings. The Bertz CT molecular complexity index is 610. The van der Waals surface area contributed by atoms with Crippen LogP contribution in [0.5, 0.6) is 0 Å². The average Bonchev–Trinajstić information content (AvgIpc) is 2.62. The van der Waals surface area contributed by atoms with Gasteiger partial charge in [0.05, 0.1) is 12.7 Å². The number of piperazine rings is 1. The number of rotatable bonds is 4. The van der Waals surface area contributed by atoms with Crippen molar-refractivity contribution in [3.05, 3.63) is 34.2 Å². The number of nitrogens with one attached hydrogen (secondary N) is 1. The highest BCUT2D eigenvalue weighted by atomic mass is 16.5. The number of hydrogen-bond acceptors (Lipinski definition) is 5. The number of ether oxygens (including phenoxy) is 1. The maximum atomic E-state index is 12.5. The molecule has 2 fully saturated rings. The Kier molecular flexibility index (Phi) is 5.65. The first-order valence-corrected chi connectivity index (χ1v) is 8.70. The predicted octanol–water partition coefficient (Wildman–Crippen LogP) is -0.147. The maximum Gasteiger partial charge on any atom is 0.254 e. The van der Waals surface area contributed by atoms with Gasteiger partial charge in [0.1, 0.15) is 0 Å². The molecule has 1 N–H and O–H groups in total. The molecule has 0 radical (unpaired) electrons. The molecule has 0 bridgehead atoms. The number of aromatic nitrogens is 1. The summed E-state index contributed by atoms with van der Waals surface area (Å²) in [6, 6.07) is 3.02. The number of likely N-dealkylation sites (N-methyl/N-ethyl adjacent to an activating group) is 1. The van der Waals surface area contributed by atoms with Gasteiger partial charge in [-0.15, -0.1) is 0 Å². The van der Waals surface area contributed by atoms with Crippen LogP contribution in [-0.4, -0.2) is 90.7 Å². The molecule has 1 amide bonds. The largest absolute Gasteiger partial charge is 0.374 e. The molecule has 24 heavy (non-hydrogen) atoms. The van der Waals surface area contributed by atoms with Crippen LogP contribution in [0.2, 0.25) is 0 Å². The van der Waals surface area contributed by atoms with E-state index in [0.29, 0.717) is 18.7 Å². The van der Waals surface area contributed by atoms with Gasteiger partial charge < -0.3 is 14.6 Å². The van der Waals surface area contributed by atoms with Gasteiger partial charge in [-0.3, -0.25) is 19.4 Å². The summed E-state index contributed by atoms with van der Waals surface area (Å²) in [7, 11) is 0. The van der Waals surface area contributed by atoms with Crippen LogP contribution in [0.1, 0.15) is 17.3 Å². The molecule has 1 atom stereocenters. The van der Waals surface area contributed by atoms with Crippen LogP contribution in [0, 0.1) is 0 Å². The molecule has 0 spiro atoms. The molecular weight excluding hydrogens is 308 g/mol. The van der Waals surface area contributed by atoms with E-state index in [-0.39, 0.29) is 17.6 Å². The summed E-state index contributed by atoms with van der Waals surface area (Å²) in [5.74, 6) is -0.0631. The molecule has 2 aliphatic heterocycles. The zero-order valence-electron chi connectivity index (χ0n) is 14.2. The first kappa shape index (κ1) is 17.1. The number of morpholine rings is 1. The Morgan fingerprint density at radius 2 is 2.04 bits per heavy atom. The Morgan fingerprint density at radius 3 is 2.75 bits per heavy atom. The van der Waals surface area contributed by atoms with E-state index in [9.17, 15) is 9.59 Å². The lowest BCUT2D eigenvalue weighted by atomic mass is 10.2. The minimum atomic E-state index is -0.241. The number of H-pyrrole nitrogens is 1. The molecule has 132 valence electrons. The zero-order valence-corrected chi connectivity index (χ0v) is 14.2. The van der Waals surface area contributed by atoms with E-state index in [1.807, 2.05) is 4.90 Å². The molecule has 7 heteroatoms. The molecule has 7 nitrogen and oxygen atoms in total. The van der Waals surface area contributed by atoms with Gasteiger partial charge in [-0.1, -0.05) is 6.92 Å². The van der Waals surface area contributed by atoms with Gasteiger partial charge in [0, 0.05) is 63.6 Å². The second kappa shape index (κ2) is 7.92. The van der Waals surface area contributed by atoms with E-state index < -0.39 is 0 Å². The average molecular weight is 334 g/mol. The molecule has 1 aromatic heterocycles. The Labute approximate surface area is 142 Å². The highest BCUT2D eigenvalue weighted by Crippen LogP contribution is 2.11. The van der Waals surface area contributed by atoms with E-state index in [1.54, 1.807) is 6.07 Å². The summed E-state index contributed by atoms with van der Waals surface area (Å²) in [6.07, 6.45) is 1.78. The van der Waals surface area contributed by atoms with E-state index in [0.717, 1.165) is 45.9 Å². The molecule has 3 rings (SSSR count). The summed E-state index contributed by atoms with van der Waals surface area (Å²) in [4.78, 5) is 33.0. The summed E-state index contributed by atoms with van der Waals surface area (Å²) >= 11 is 0. The number of aromatic amines is 1. The van der Waals surface area contributed by atoms with Gasteiger partial charge in [0.25, 0.3) is 5.91 Å². The van der Waals surface area contributed by atoms with Gasteiger partial charge in [-0.2, -0.15) is 0 Å². The van der Waals surface area contributed by atoms with Crippen molar-refractivity contribution in [2.75, 3.05) is 59.0 Å². The first-order valence-electron chi connectivity index (χ1n) is 8.70. The van der Waals surface area contributed by atoms with Crippen molar-refractivity contribution in [2.45, 2.75) is 13.0 Å². The fourth-order valence-corrected chi connectivity index (χ4v) is 3.36. The highest BCUT2D eigenvalue weighted by molar-refractivity contribution is 5.94. The molecule has 0 aliphatic carbocycles. The molecule has 0 saturated carbocycles. The van der Waals surface area contributed by atoms with E-state index in [2.05, 4.69) is 21.7 Å². The summed E-state index contributed by atoms with van der Waals surface area (Å²) in [6.45, 7) is 10.1. The third-order valence-electron chi connectivity index (χ3n) is 4.81. The molecular formula is C17H26N4O3. The maximum absolute atomic E-state index is 12.5. The molecule has 2 saturated heterocycles. The molecule has 3 heterocycles. The van der Waals surface area contributed by atoms with Crippen LogP contribution in [0.3, 0.4) is 0 Å². The van der Waals surface area contributed by atoms with Crippen molar-refractivity contribution in [3.63, 3.8) is 0 Å². The SMILES string of the molecule is CCN1CCOC(CN2CCN(C(=O)c3cc[nH]c(=O)c3)CC2)C1. The first-order chi connectivity index (χ1) is 11.7. The molecule has 0 aromatic carbocycles. The van der Waals surface area contributed by atoms with Gasteiger partial charge in [0.15, 0.2) is 0 Å². The summed E-state index contributed by atoms with van der Waals surface area (Å²) in [5, 5.41) is 0. The Morgan fingerprint density at radius 1 is 1.25 bits per heavy atom. The van der Waals surface area contributed by atoms with Crippen molar-refractivity contribution < 1.29 is 9.53 Å². The minimum Gasteiger partial charge on any atom is -0.374 e. The normalized spacial score (nSPS) is 23.4. The number of amides is 1. The number of hydrogen-bond donors (Lipinski definition) is 1. The van der Waals surface area contributed by atoms with Crippen LogP contribution in [0.15, 0.2) is 23.1 Å². The molecule has 2 aliphatic rings. The van der Waals surface area contributed by atoms with Crippen LogP contribution in [0.4, 0.5) is 0 Å². The monoisotopic (exact) mass is 334 g/mol. The second-order valence-electron chi connectivity index (χ2n) is 6.42. The third kappa shape index (κ3) is 4.23. The van der Waals surface area contributed by atoms with Crippen molar-refractivity contribution in [1.82, 2.24) is 19.7 Å². The van der Waals surface area contributed by atoms with Crippen molar-refractivity contribution in [2.24, 2.45) is 0 Å². The van der Waals surface area contributed by atoms with Gasteiger partial charge >= 0.3 is 0 Å².